The molecule has 2 atom stereocenters. The van der Waals surface area contributed by atoms with Crippen LogP contribution in [0.4, 0.5) is 8.78 Å². The van der Waals surface area contributed by atoms with Gasteiger partial charge >= 0.3 is 0 Å². The van der Waals surface area contributed by atoms with Crippen LogP contribution in [0, 0.1) is 11.6 Å². The summed E-state index contributed by atoms with van der Waals surface area (Å²) in [6.45, 7) is 2.22. The van der Waals surface area contributed by atoms with Crippen molar-refractivity contribution in [2.45, 2.75) is 12.2 Å². The molecular weight excluding hydrogens is 408 g/mol. The summed E-state index contributed by atoms with van der Waals surface area (Å²) >= 11 is 3.36. The first kappa shape index (κ1) is 19.2. The Labute approximate surface area is 159 Å². The Bertz CT molecular complexity index is 729. The van der Waals surface area contributed by atoms with Gasteiger partial charge in [0.15, 0.2) is 11.6 Å². The molecular formula is C19H20BrF2NO3. The molecule has 2 aromatic carbocycles. The van der Waals surface area contributed by atoms with E-state index in [0.29, 0.717) is 37.6 Å². The zero-order valence-electron chi connectivity index (χ0n) is 14.1. The Hall–Kier alpha value is -1.54. The molecule has 0 aliphatic carbocycles. The normalized spacial score (nSPS) is 19.3. The molecule has 1 saturated heterocycles. The highest BCUT2D eigenvalue weighted by atomic mass is 79.9. The van der Waals surface area contributed by atoms with Crippen LogP contribution in [0.1, 0.15) is 11.7 Å². The summed E-state index contributed by atoms with van der Waals surface area (Å²) in [5.74, 6) is -1.07. The van der Waals surface area contributed by atoms with Gasteiger partial charge in [0.1, 0.15) is 18.5 Å². The number of morpholine rings is 1. The highest BCUT2D eigenvalue weighted by Gasteiger charge is 2.24. The fraction of sp³-hybridized carbons (Fsp3) is 0.368. The van der Waals surface area contributed by atoms with Crippen LogP contribution in [0.2, 0.25) is 0 Å². The van der Waals surface area contributed by atoms with Gasteiger partial charge < -0.3 is 14.6 Å². The van der Waals surface area contributed by atoms with Crippen LogP contribution in [-0.2, 0) is 4.74 Å². The molecule has 0 radical (unpaired) electrons. The van der Waals surface area contributed by atoms with Gasteiger partial charge in [0.05, 0.1) is 12.7 Å². The van der Waals surface area contributed by atoms with Gasteiger partial charge in [0, 0.05) is 24.1 Å². The first-order chi connectivity index (χ1) is 12.5. The van der Waals surface area contributed by atoms with Crippen molar-refractivity contribution in [3.8, 4) is 5.75 Å². The van der Waals surface area contributed by atoms with Crippen LogP contribution >= 0.6 is 15.9 Å². The van der Waals surface area contributed by atoms with E-state index >= 15 is 0 Å². The van der Waals surface area contributed by atoms with E-state index in [0.717, 1.165) is 16.6 Å². The molecule has 0 bridgehead atoms. The minimum atomic E-state index is -0.883. The molecule has 140 valence electrons. The predicted octanol–water partition coefficient (Wildman–Crippen LogP) is 3.54. The number of hydrogen-bond donors (Lipinski definition) is 1. The van der Waals surface area contributed by atoms with Crippen LogP contribution in [-0.4, -0.2) is 49.0 Å². The number of nitrogens with zero attached hydrogens (tertiary/aromatic N) is 1. The van der Waals surface area contributed by atoms with E-state index in [1.165, 1.54) is 6.07 Å². The predicted molar refractivity (Wildman–Crippen MR) is 97.1 cm³/mol. The number of aliphatic hydroxyl groups excluding tert-OH is 1. The largest absolute Gasteiger partial charge is 0.491 e. The van der Waals surface area contributed by atoms with Crippen molar-refractivity contribution < 1.29 is 23.4 Å². The molecule has 7 heteroatoms. The quantitative estimate of drug-likeness (QED) is 0.765. The second-order valence-corrected chi connectivity index (χ2v) is 7.13. The van der Waals surface area contributed by atoms with Gasteiger partial charge in [-0.2, -0.15) is 0 Å². The molecule has 0 spiro atoms. The Morgan fingerprint density at radius 1 is 1.19 bits per heavy atom. The first-order valence-corrected chi connectivity index (χ1v) is 9.16. The lowest BCUT2D eigenvalue weighted by atomic mass is 10.1. The second kappa shape index (κ2) is 8.90. The highest BCUT2D eigenvalue weighted by Crippen LogP contribution is 2.24. The van der Waals surface area contributed by atoms with E-state index in [4.69, 9.17) is 9.47 Å². The van der Waals surface area contributed by atoms with Crippen LogP contribution in [0.5, 0.6) is 5.75 Å². The molecule has 1 fully saturated rings. The van der Waals surface area contributed by atoms with Crippen LogP contribution in [0.3, 0.4) is 0 Å². The summed E-state index contributed by atoms with van der Waals surface area (Å²) in [4.78, 5) is 2.03. The molecule has 2 unspecified atom stereocenters. The van der Waals surface area contributed by atoms with Crippen molar-refractivity contribution in [1.82, 2.24) is 4.90 Å². The summed E-state index contributed by atoms with van der Waals surface area (Å²) in [5, 5.41) is 10.2. The third-order valence-electron chi connectivity index (χ3n) is 4.19. The number of ether oxygens (including phenoxy) is 2. The van der Waals surface area contributed by atoms with Crippen molar-refractivity contribution in [1.29, 1.82) is 0 Å². The van der Waals surface area contributed by atoms with Crippen molar-refractivity contribution >= 4 is 15.9 Å². The Morgan fingerprint density at radius 2 is 1.96 bits per heavy atom. The smallest absolute Gasteiger partial charge is 0.159 e. The maximum atomic E-state index is 13.4. The number of halogens is 3. The van der Waals surface area contributed by atoms with Gasteiger partial charge in [0.2, 0.25) is 0 Å². The van der Waals surface area contributed by atoms with Gasteiger partial charge in [-0.25, -0.2) is 8.78 Å². The number of benzene rings is 2. The molecule has 0 aromatic heterocycles. The van der Waals surface area contributed by atoms with Crippen LogP contribution in [0.25, 0.3) is 0 Å². The lowest BCUT2D eigenvalue weighted by Crippen LogP contribution is -2.43. The lowest BCUT2D eigenvalue weighted by Gasteiger charge is -2.34. The summed E-state index contributed by atoms with van der Waals surface area (Å²) < 4.78 is 38.7. The molecule has 1 aliphatic heterocycles. The van der Waals surface area contributed by atoms with Crippen molar-refractivity contribution in [2.75, 3.05) is 32.8 Å². The fourth-order valence-electron chi connectivity index (χ4n) is 2.86. The van der Waals surface area contributed by atoms with Crippen molar-refractivity contribution in [3.05, 3.63) is 64.1 Å². The monoisotopic (exact) mass is 427 g/mol. The third kappa shape index (κ3) is 5.23. The molecule has 3 rings (SSSR count). The molecule has 0 saturated carbocycles. The van der Waals surface area contributed by atoms with E-state index in [1.807, 2.05) is 29.2 Å². The number of aliphatic hydroxyl groups is 1. The fourth-order valence-corrected chi connectivity index (χ4v) is 3.12. The van der Waals surface area contributed by atoms with Gasteiger partial charge in [-0.3, -0.25) is 4.90 Å². The number of rotatable bonds is 6. The minimum Gasteiger partial charge on any atom is -0.491 e. The van der Waals surface area contributed by atoms with Crippen molar-refractivity contribution in [2.24, 2.45) is 0 Å². The van der Waals surface area contributed by atoms with Gasteiger partial charge in [-0.05, 0) is 42.0 Å². The molecule has 1 N–H and O–H groups in total. The summed E-state index contributed by atoms with van der Waals surface area (Å²) in [6.07, 6.45) is -1.01. The standard InChI is InChI=1S/C19H20BrF2NO3/c20-14-2-4-16(5-3-14)26-12-15(24)10-23-7-8-25-19(11-23)13-1-6-17(21)18(22)9-13/h1-6,9,15,19,24H,7-8,10-12H2. The van der Waals surface area contributed by atoms with Gasteiger partial charge in [-0.15, -0.1) is 0 Å². The zero-order valence-corrected chi connectivity index (χ0v) is 15.7. The molecule has 2 aromatic rings. The Balaban J connectivity index is 1.50. The maximum absolute atomic E-state index is 13.4. The van der Waals surface area contributed by atoms with Crippen LogP contribution in [0.15, 0.2) is 46.9 Å². The Kier molecular flexibility index (Phi) is 6.58. The molecule has 26 heavy (non-hydrogen) atoms. The summed E-state index contributed by atoms with van der Waals surface area (Å²) in [5.41, 5.74) is 0.592. The zero-order chi connectivity index (χ0) is 18.5. The topological polar surface area (TPSA) is 41.9 Å². The average Bonchev–Trinajstić information content (AvgIpc) is 2.64. The number of hydrogen-bond acceptors (Lipinski definition) is 4. The van der Waals surface area contributed by atoms with Crippen LogP contribution < -0.4 is 4.74 Å². The van der Waals surface area contributed by atoms with E-state index < -0.39 is 17.7 Å². The minimum absolute atomic E-state index is 0.175. The SMILES string of the molecule is OC(COc1ccc(Br)cc1)CN1CCOC(c2ccc(F)c(F)c2)C1. The molecule has 0 amide bonds. The average molecular weight is 428 g/mol. The van der Waals surface area contributed by atoms with Crippen molar-refractivity contribution in [3.63, 3.8) is 0 Å². The van der Waals surface area contributed by atoms with E-state index in [9.17, 15) is 13.9 Å². The lowest BCUT2D eigenvalue weighted by molar-refractivity contribution is -0.0460. The summed E-state index contributed by atoms with van der Waals surface area (Å²) in [6, 6.07) is 11.2. The Morgan fingerprint density at radius 3 is 2.69 bits per heavy atom. The highest BCUT2D eigenvalue weighted by molar-refractivity contribution is 9.10. The van der Waals surface area contributed by atoms with E-state index in [2.05, 4.69) is 15.9 Å². The summed E-state index contributed by atoms with van der Waals surface area (Å²) in [7, 11) is 0. The van der Waals surface area contributed by atoms with E-state index in [1.54, 1.807) is 0 Å². The maximum Gasteiger partial charge on any atom is 0.159 e. The molecule has 4 nitrogen and oxygen atoms in total. The van der Waals surface area contributed by atoms with Gasteiger partial charge in [-0.1, -0.05) is 22.0 Å². The second-order valence-electron chi connectivity index (χ2n) is 6.21. The first-order valence-electron chi connectivity index (χ1n) is 8.36. The molecule has 1 aliphatic rings. The van der Waals surface area contributed by atoms with E-state index in [-0.39, 0.29) is 12.7 Å². The van der Waals surface area contributed by atoms with Gasteiger partial charge in [0.25, 0.3) is 0 Å². The number of β-amino-alcohol motifs (C(OH)–C–C–N with tert-alkyl or cyclic N) is 1. The third-order valence-corrected chi connectivity index (χ3v) is 4.72. The molecule has 1 heterocycles.